The molecule has 0 fully saturated rings. The predicted molar refractivity (Wildman–Crippen MR) is 74.0 cm³/mol. The molecule has 1 aromatic carbocycles. The molecule has 0 aliphatic carbocycles. The third-order valence-electron chi connectivity index (χ3n) is 2.76. The Labute approximate surface area is 117 Å². The van der Waals surface area contributed by atoms with E-state index in [9.17, 15) is 14.7 Å². The summed E-state index contributed by atoms with van der Waals surface area (Å²) in [5.41, 5.74) is 6.65. The van der Waals surface area contributed by atoms with Gasteiger partial charge in [-0.2, -0.15) is 0 Å². The molecule has 1 aromatic rings. The van der Waals surface area contributed by atoms with Gasteiger partial charge < -0.3 is 20.9 Å². The van der Waals surface area contributed by atoms with Crippen LogP contribution in [0.1, 0.15) is 30.5 Å². The number of phenols is 1. The van der Waals surface area contributed by atoms with Crippen molar-refractivity contribution in [1.29, 1.82) is 0 Å². The predicted octanol–water partition coefficient (Wildman–Crippen LogP) is 0.770. The second-order valence-corrected chi connectivity index (χ2v) is 4.40. The zero-order chi connectivity index (χ0) is 15.1. The van der Waals surface area contributed by atoms with E-state index in [1.165, 1.54) is 6.07 Å². The van der Waals surface area contributed by atoms with Crippen LogP contribution in [0, 0.1) is 6.92 Å². The second kappa shape index (κ2) is 7.49. The van der Waals surface area contributed by atoms with Crippen molar-refractivity contribution >= 4 is 11.9 Å². The van der Waals surface area contributed by atoms with E-state index in [1.807, 2.05) is 6.92 Å². The van der Waals surface area contributed by atoms with Crippen molar-refractivity contribution in [3.8, 4) is 5.75 Å². The normalized spacial score (nSPS) is 11.8. The van der Waals surface area contributed by atoms with Gasteiger partial charge in [0.05, 0.1) is 25.6 Å². The number of amides is 1. The first kappa shape index (κ1) is 16.0. The van der Waals surface area contributed by atoms with Crippen LogP contribution >= 0.6 is 0 Å². The minimum atomic E-state index is -0.662. The molecule has 0 heterocycles. The Morgan fingerprint density at radius 3 is 2.75 bits per heavy atom. The summed E-state index contributed by atoms with van der Waals surface area (Å²) in [4.78, 5) is 23.1. The minimum absolute atomic E-state index is 0.0159. The highest BCUT2D eigenvalue weighted by Crippen LogP contribution is 2.27. The van der Waals surface area contributed by atoms with Crippen LogP contribution in [0.3, 0.4) is 0 Å². The zero-order valence-electron chi connectivity index (χ0n) is 11.7. The maximum absolute atomic E-state index is 11.6. The van der Waals surface area contributed by atoms with E-state index in [4.69, 9.17) is 10.5 Å². The monoisotopic (exact) mass is 280 g/mol. The van der Waals surface area contributed by atoms with E-state index >= 15 is 0 Å². The summed E-state index contributed by atoms with van der Waals surface area (Å²) >= 11 is 0. The van der Waals surface area contributed by atoms with E-state index in [0.717, 1.165) is 5.56 Å². The Kier molecular flexibility index (Phi) is 5.99. The van der Waals surface area contributed by atoms with Gasteiger partial charge in [-0.25, -0.2) is 0 Å². The highest BCUT2D eigenvalue weighted by atomic mass is 16.5. The number of aryl methyl sites for hydroxylation is 1. The zero-order valence-corrected chi connectivity index (χ0v) is 11.7. The second-order valence-electron chi connectivity index (χ2n) is 4.40. The van der Waals surface area contributed by atoms with E-state index in [1.54, 1.807) is 19.1 Å². The standard InChI is InChI=1S/C14H20N2O4/c1-3-20-14(19)7-11(16-13(18)8-15)10-6-9(2)4-5-12(10)17/h4-6,11,17H,3,7-8,15H2,1-2H3,(H,16,18). The number of benzene rings is 1. The molecule has 1 amide bonds. The van der Waals surface area contributed by atoms with Crippen LogP contribution in [0.4, 0.5) is 0 Å². The number of rotatable bonds is 6. The molecule has 0 radical (unpaired) electrons. The Hall–Kier alpha value is -2.08. The molecule has 0 aliphatic rings. The summed E-state index contributed by atoms with van der Waals surface area (Å²) in [6.07, 6.45) is -0.0589. The van der Waals surface area contributed by atoms with Gasteiger partial charge in [-0.05, 0) is 19.9 Å². The number of phenolic OH excluding ortho intramolecular Hbond substituents is 1. The molecule has 0 spiro atoms. The molecule has 6 heteroatoms. The maximum Gasteiger partial charge on any atom is 0.308 e. The van der Waals surface area contributed by atoms with Crippen molar-refractivity contribution < 1.29 is 19.4 Å². The summed E-state index contributed by atoms with van der Waals surface area (Å²) in [6.45, 7) is 3.63. The van der Waals surface area contributed by atoms with Crippen LogP contribution < -0.4 is 11.1 Å². The first-order chi connectivity index (χ1) is 9.47. The van der Waals surface area contributed by atoms with Crippen LogP contribution in [-0.4, -0.2) is 30.1 Å². The van der Waals surface area contributed by atoms with Crippen molar-refractivity contribution in [2.45, 2.75) is 26.3 Å². The van der Waals surface area contributed by atoms with Crippen molar-refractivity contribution in [1.82, 2.24) is 5.32 Å². The molecule has 0 aliphatic heterocycles. The lowest BCUT2D eigenvalue weighted by molar-refractivity contribution is -0.143. The summed E-state index contributed by atoms with van der Waals surface area (Å²) in [5.74, 6) is -0.835. The minimum Gasteiger partial charge on any atom is -0.508 e. The molecule has 0 saturated heterocycles. The Morgan fingerprint density at radius 2 is 2.15 bits per heavy atom. The topological polar surface area (TPSA) is 102 Å². The molecule has 0 saturated carbocycles. The number of carbonyl (C=O) groups is 2. The highest BCUT2D eigenvalue weighted by Gasteiger charge is 2.21. The van der Waals surface area contributed by atoms with Gasteiger partial charge in [0.25, 0.3) is 0 Å². The number of hydrogen-bond acceptors (Lipinski definition) is 5. The fraction of sp³-hybridized carbons (Fsp3) is 0.429. The number of esters is 1. The van der Waals surface area contributed by atoms with Gasteiger partial charge in [-0.1, -0.05) is 17.7 Å². The number of ether oxygens (including phenoxy) is 1. The average molecular weight is 280 g/mol. The molecule has 1 rings (SSSR count). The molecule has 1 unspecified atom stereocenters. The van der Waals surface area contributed by atoms with Gasteiger partial charge in [0.1, 0.15) is 5.75 Å². The molecule has 6 nitrogen and oxygen atoms in total. The quantitative estimate of drug-likeness (QED) is 0.668. The lowest BCUT2D eigenvalue weighted by Crippen LogP contribution is -2.35. The van der Waals surface area contributed by atoms with Gasteiger partial charge in [0.2, 0.25) is 5.91 Å². The Balaban J connectivity index is 2.99. The third kappa shape index (κ3) is 4.55. The summed E-state index contributed by atoms with van der Waals surface area (Å²) < 4.78 is 4.88. The van der Waals surface area contributed by atoms with Crippen molar-refractivity contribution in [2.24, 2.45) is 5.73 Å². The first-order valence-electron chi connectivity index (χ1n) is 6.42. The number of hydrogen-bond donors (Lipinski definition) is 3. The highest BCUT2D eigenvalue weighted by molar-refractivity contribution is 5.79. The summed E-state index contributed by atoms with van der Waals surface area (Å²) in [7, 11) is 0. The molecular weight excluding hydrogens is 260 g/mol. The van der Waals surface area contributed by atoms with E-state index in [0.29, 0.717) is 5.56 Å². The fourth-order valence-corrected chi connectivity index (χ4v) is 1.83. The summed E-state index contributed by atoms with van der Waals surface area (Å²) in [5, 5.41) is 12.5. The molecule has 20 heavy (non-hydrogen) atoms. The fourth-order valence-electron chi connectivity index (χ4n) is 1.83. The summed E-state index contributed by atoms with van der Waals surface area (Å²) in [6, 6.07) is 4.32. The van der Waals surface area contributed by atoms with Crippen LogP contribution in [0.2, 0.25) is 0 Å². The van der Waals surface area contributed by atoms with Crippen LogP contribution in [-0.2, 0) is 14.3 Å². The molecule has 0 bridgehead atoms. The van der Waals surface area contributed by atoms with Crippen LogP contribution in [0.5, 0.6) is 5.75 Å². The van der Waals surface area contributed by atoms with Gasteiger partial charge in [-0.3, -0.25) is 9.59 Å². The molecule has 1 atom stereocenters. The lowest BCUT2D eigenvalue weighted by Gasteiger charge is -2.19. The Morgan fingerprint density at radius 1 is 1.45 bits per heavy atom. The lowest BCUT2D eigenvalue weighted by atomic mass is 10.0. The van der Waals surface area contributed by atoms with Crippen molar-refractivity contribution in [3.63, 3.8) is 0 Å². The number of aromatic hydroxyl groups is 1. The largest absolute Gasteiger partial charge is 0.508 e. The van der Waals surface area contributed by atoms with Crippen LogP contribution in [0.25, 0.3) is 0 Å². The average Bonchev–Trinajstić information content (AvgIpc) is 2.41. The van der Waals surface area contributed by atoms with Crippen molar-refractivity contribution in [3.05, 3.63) is 29.3 Å². The SMILES string of the molecule is CCOC(=O)CC(NC(=O)CN)c1cc(C)ccc1O. The smallest absolute Gasteiger partial charge is 0.308 e. The van der Waals surface area contributed by atoms with E-state index in [-0.39, 0.29) is 25.3 Å². The number of nitrogens with two attached hydrogens (primary N) is 1. The van der Waals surface area contributed by atoms with Crippen LogP contribution in [0.15, 0.2) is 18.2 Å². The molecular formula is C14H20N2O4. The Bertz CT molecular complexity index is 488. The first-order valence-corrected chi connectivity index (χ1v) is 6.42. The van der Waals surface area contributed by atoms with E-state index < -0.39 is 17.9 Å². The maximum atomic E-state index is 11.6. The number of nitrogens with one attached hydrogen (secondary N) is 1. The molecule has 4 N–H and O–H groups in total. The van der Waals surface area contributed by atoms with Gasteiger partial charge >= 0.3 is 5.97 Å². The van der Waals surface area contributed by atoms with Crippen molar-refractivity contribution in [2.75, 3.05) is 13.2 Å². The van der Waals surface area contributed by atoms with Gasteiger partial charge in [0.15, 0.2) is 0 Å². The van der Waals surface area contributed by atoms with Gasteiger partial charge in [0, 0.05) is 5.56 Å². The molecule has 0 aromatic heterocycles. The third-order valence-corrected chi connectivity index (χ3v) is 2.76. The molecule has 110 valence electrons. The van der Waals surface area contributed by atoms with E-state index in [2.05, 4.69) is 5.32 Å². The number of carbonyl (C=O) groups excluding carboxylic acids is 2. The van der Waals surface area contributed by atoms with Gasteiger partial charge in [-0.15, -0.1) is 0 Å².